The van der Waals surface area contributed by atoms with Crippen molar-refractivity contribution in [1.29, 1.82) is 5.26 Å². The minimum Gasteiger partial charge on any atom is -0.347 e. The van der Waals surface area contributed by atoms with Crippen LogP contribution in [0.4, 0.5) is 17.8 Å². The molecule has 1 aromatic rings. The smallest absolute Gasteiger partial charge is 0.243 e. The summed E-state index contributed by atoms with van der Waals surface area (Å²) in [7, 11) is 5.48. The van der Waals surface area contributed by atoms with Gasteiger partial charge in [0.25, 0.3) is 0 Å². The summed E-state index contributed by atoms with van der Waals surface area (Å²) in [4.78, 5) is 16.1. The number of hydrazine groups is 1. The van der Waals surface area contributed by atoms with E-state index in [1.165, 1.54) is 0 Å². The first kappa shape index (κ1) is 13.9. The Morgan fingerprint density at radius 1 is 1.28 bits per heavy atom. The zero-order valence-electron chi connectivity index (χ0n) is 11.0. The molecule has 1 unspecified atom stereocenters. The lowest BCUT2D eigenvalue weighted by molar-refractivity contribution is 0.700. The fraction of sp³-hybridized carbons (Fsp3) is 0.600. The van der Waals surface area contributed by atoms with Gasteiger partial charge in [0.1, 0.15) is 0 Å². The lowest BCUT2D eigenvalue weighted by Crippen LogP contribution is -2.27. The third kappa shape index (κ3) is 3.43. The van der Waals surface area contributed by atoms with Crippen LogP contribution in [-0.4, -0.2) is 42.6 Å². The topological polar surface area (TPSA) is 107 Å². The Morgan fingerprint density at radius 3 is 2.39 bits per heavy atom. The molecule has 0 aliphatic heterocycles. The zero-order valence-corrected chi connectivity index (χ0v) is 11.0. The Balaban J connectivity index is 3.00. The van der Waals surface area contributed by atoms with Crippen molar-refractivity contribution in [2.45, 2.75) is 6.92 Å². The van der Waals surface area contributed by atoms with Crippen LogP contribution < -0.4 is 21.1 Å². The molecule has 8 heteroatoms. The van der Waals surface area contributed by atoms with Gasteiger partial charge in [-0.25, -0.2) is 5.84 Å². The van der Waals surface area contributed by atoms with E-state index in [1.54, 1.807) is 9.80 Å². The Bertz CT molecular complexity index is 438. The highest BCUT2D eigenvalue weighted by Gasteiger charge is 2.13. The molecular weight excluding hydrogens is 232 g/mol. The summed E-state index contributed by atoms with van der Waals surface area (Å²) < 4.78 is 0. The van der Waals surface area contributed by atoms with Gasteiger partial charge in [-0.3, -0.25) is 5.43 Å². The standard InChI is InChI=1S/C10H18N8/c1-7(5-11)6-18(4)10-14-8(16-12)13-9(15-10)17(2)3/h7H,6,12H2,1-4H3,(H,13,14,15,16). The van der Waals surface area contributed by atoms with Gasteiger partial charge in [0.15, 0.2) is 0 Å². The predicted molar refractivity (Wildman–Crippen MR) is 70.0 cm³/mol. The van der Waals surface area contributed by atoms with Crippen LogP contribution in [0.25, 0.3) is 0 Å². The van der Waals surface area contributed by atoms with Crippen LogP contribution in [-0.2, 0) is 0 Å². The summed E-state index contributed by atoms with van der Waals surface area (Å²) in [5.74, 6) is 6.49. The van der Waals surface area contributed by atoms with Crippen molar-refractivity contribution in [1.82, 2.24) is 15.0 Å². The second-order valence-corrected chi connectivity index (χ2v) is 4.21. The minimum atomic E-state index is -0.108. The Hall–Kier alpha value is -2.14. The van der Waals surface area contributed by atoms with Crippen molar-refractivity contribution in [3.63, 3.8) is 0 Å². The molecule has 98 valence electrons. The summed E-state index contributed by atoms with van der Waals surface area (Å²) in [5, 5.41) is 8.80. The molecule has 1 aromatic heterocycles. The van der Waals surface area contributed by atoms with E-state index >= 15 is 0 Å². The maximum absolute atomic E-state index is 8.80. The molecular formula is C10H18N8. The van der Waals surface area contributed by atoms with E-state index in [4.69, 9.17) is 11.1 Å². The van der Waals surface area contributed by atoms with Gasteiger partial charge < -0.3 is 9.80 Å². The normalized spacial score (nSPS) is 11.6. The molecule has 3 N–H and O–H groups in total. The second kappa shape index (κ2) is 5.97. The van der Waals surface area contributed by atoms with Crippen molar-refractivity contribution in [3.05, 3.63) is 0 Å². The number of nitriles is 1. The third-order valence-electron chi connectivity index (χ3n) is 2.25. The van der Waals surface area contributed by atoms with E-state index in [1.807, 2.05) is 28.1 Å². The van der Waals surface area contributed by atoms with Crippen LogP contribution in [0.2, 0.25) is 0 Å². The van der Waals surface area contributed by atoms with Gasteiger partial charge in [0, 0.05) is 27.7 Å². The van der Waals surface area contributed by atoms with Gasteiger partial charge in [-0.1, -0.05) is 0 Å². The summed E-state index contributed by atoms with van der Waals surface area (Å²) >= 11 is 0. The monoisotopic (exact) mass is 250 g/mol. The molecule has 0 radical (unpaired) electrons. The van der Waals surface area contributed by atoms with E-state index in [0.29, 0.717) is 24.4 Å². The van der Waals surface area contributed by atoms with Crippen molar-refractivity contribution >= 4 is 17.8 Å². The summed E-state index contributed by atoms with van der Waals surface area (Å²) in [6, 6.07) is 2.17. The molecule has 8 nitrogen and oxygen atoms in total. The average Bonchev–Trinajstić information content (AvgIpc) is 2.37. The molecule has 0 amide bonds. The van der Waals surface area contributed by atoms with Crippen LogP contribution in [0.15, 0.2) is 0 Å². The molecule has 0 fully saturated rings. The summed E-state index contributed by atoms with van der Waals surface area (Å²) in [6.07, 6.45) is 0. The molecule has 0 aliphatic rings. The van der Waals surface area contributed by atoms with Crippen molar-refractivity contribution in [2.75, 3.05) is 42.9 Å². The van der Waals surface area contributed by atoms with Crippen molar-refractivity contribution in [2.24, 2.45) is 11.8 Å². The minimum absolute atomic E-state index is 0.108. The van der Waals surface area contributed by atoms with E-state index in [0.717, 1.165) is 0 Å². The molecule has 0 aromatic carbocycles. The van der Waals surface area contributed by atoms with Gasteiger partial charge >= 0.3 is 0 Å². The maximum Gasteiger partial charge on any atom is 0.243 e. The van der Waals surface area contributed by atoms with E-state index in [2.05, 4.69) is 26.4 Å². The molecule has 0 saturated heterocycles. The number of nitrogen functional groups attached to an aromatic ring is 1. The maximum atomic E-state index is 8.80. The van der Waals surface area contributed by atoms with E-state index in [9.17, 15) is 0 Å². The van der Waals surface area contributed by atoms with E-state index in [-0.39, 0.29) is 5.92 Å². The highest BCUT2D eigenvalue weighted by Crippen LogP contribution is 2.14. The predicted octanol–water partition coefficient (Wildman–Crippen LogP) is -0.181. The quantitative estimate of drug-likeness (QED) is 0.547. The van der Waals surface area contributed by atoms with Gasteiger partial charge in [0.05, 0.1) is 12.0 Å². The van der Waals surface area contributed by atoms with Crippen LogP contribution in [0.3, 0.4) is 0 Å². The van der Waals surface area contributed by atoms with Crippen LogP contribution in [0.5, 0.6) is 0 Å². The van der Waals surface area contributed by atoms with Crippen LogP contribution >= 0.6 is 0 Å². The second-order valence-electron chi connectivity index (χ2n) is 4.21. The van der Waals surface area contributed by atoms with Gasteiger partial charge in [-0.15, -0.1) is 0 Å². The number of rotatable bonds is 5. The fourth-order valence-corrected chi connectivity index (χ4v) is 1.32. The van der Waals surface area contributed by atoms with Crippen molar-refractivity contribution in [3.8, 4) is 6.07 Å². The molecule has 0 spiro atoms. The van der Waals surface area contributed by atoms with Gasteiger partial charge in [-0.2, -0.15) is 20.2 Å². The Morgan fingerprint density at radius 2 is 1.89 bits per heavy atom. The number of nitrogens with two attached hydrogens (primary N) is 1. The number of hydrogen-bond acceptors (Lipinski definition) is 8. The third-order valence-corrected chi connectivity index (χ3v) is 2.25. The average molecular weight is 250 g/mol. The van der Waals surface area contributed by atoms with Crippen LogP contribution in [0, 0.1) is 17.2 Å². The van der Waals surface area contributed by atoms with Crippen LogP contribution in [0.1, 0.15) is 6.92 Å². The molecule has 0 saturated carbocycles. The highest BCUT2D eigenvalue weighted by atomic mass is 15.4. The van der Waals surface area contributed by atoms with E-state index < -0.39 is 0 Å². The zero-order chi connectivity index (χ0) is 13.7. The lowest BCUT2D eigenvalue weighted by Gasteiger charge is -2.20. The van der Waals surface area contributed by atoms with Gasteiger partial charge in [0.2, 0.25) is 17.8 Å². The first-order valence-corrected chi connectivity index (χ1v) is 5.48. The number of hydrogen-bond donors (Lipinski definition) is 2. The SMILES string of the molecule is CC(C#N)CN(C)c1nc(NN)nc(N(C)C)n1. The molecule has 0 aliphatic carbocycles. The Labute approximate surface area is 106 Å². The highest BCUT2D eigenvalue weighted by molar-refractivity contribution is 5.43. The number of nitrogens with one attached hydrogen (secondary N) is 1. The fourth-order valence-electron chi connectivity index (χ4n) is 1.32. The molecule has 1 atom stereocenters. The molecule has 1 heterocycles. The number of aromatic nitrogens is 3. The number of anilines is 3. The number of nitrogens with zero attached hydrogens (tertiary/aromatic N) is 6. The lowest BCUT2D eigenvalue weighted by atomic mass is 10.2. The summed E-state index contributed by atoms with van der Waals surface area (Å²) in [6.45, 7) is 2.38. The van der Waals surface area contributed by atoms with Gasteiger partial charge in [-0.05, 0) is 6.92 Å². The first-order chi connectivity index (χ1) is 8.47. The first-order valence-electron chi connectivity index (χ1n) is 5.48. The largest absolute Gasteiger partial charge is 0.347 e. The molecule has 18 heavy (non-hydrogen) atoms. The molecule has 1 rings (SSSR count). The molecule has 0 bridgehead atoms. The Kier molecular flexibility index (Phi) is 4.62. The summed E-state index contributed by atoms with van der Waals surface area (Å²) in [5.41, 5.74) is 2.40. The van der Waals surface area contributed by atoms with Crippen molar-refractivity contribution < 1.29 is 0 Å².